The van der Waals surface area contributed by atoms with E-state index in [1.165, 1.54) is 99.0 Å². The van der Waals surface area contributed by atoms with Gasteiger partial charge in [-0.1, -0.05) is 237 Å². The molecule has 0 bridgehead atoms. The average molecular weight is 979 g/mol. The summed E-state index contributed by atoms with van der Waals surface area (Å²) in [6.45, 7) is 0. The highest BCUT2D eigenvalue weighted by atomic mass is 15.1. The highest BCUT2D eigenvalue weighted by molar-refractivity contribution is 6.22. The zero-order valence-electron chi connectivity index (χ0n) is 42.3. The first-order chi connectivity index (χ1) is 38.2. The van der Waals surface area contributed by atoms with Gasteiger partial charge in [0.2, 0.25) is 0 Å². The number of hydrogen-bond acceptors (Lipinski definition) is 1. The summed E-state index contributed by atoms with van der Waals surface area (Å²) >= 11 is 0. The fourth-order valence-electron chi connectivity index (χ4n) is 13.0. The van der Waals surface area contributed by atoms with E-state index in [1.807, 2.05) is 0 Å². The Bertz CT molecular complexity index is 4480. The topological polar surface area (TPSA) is 8.17 Å². The Morgan fingerprint density at radius 2 is 0.740 bits per heavy atom. The summed E-state index contributed by atoms with van der Waals surface area (Å²) in [7, 11) is 0. The van der Waals surface area contributed by atoms with Crippen molar-refractivity contribution in [1.29, 1.82) is 0 Å². The van der Waals surface area contributed by atoms with Crippen LogP contribution in [0.1, 0.15) is 22.3 Å². The molecule has 1 aromatic heterocycles. The molecule has 13 aromatic carbocycles. The Balaban J connectivity index is 0.865. The van der Waals surface area contributed by atoms with Crippen LogP contribution in [0.5, 0.6) is 0 Å². The van der Waals surface area contributed by atoms with Gasteiger partial charge in [0.05, 0.1) is 16.4 Å². The predicted octanol–water partition coefficient (Wildman–Crippen LogP) is 19.9. The summed E-state index contributed by atoms with van der Waals surface area (Å²) < 4.78 is 2.47. The number of benzene rings is 13. The molecular formula is C75H50N2. The van der Waals surface area contributed by atoms with Gasteiger partial charge in [-0.05, 0) is 155 Å². The van der Waals surface area contributed by atoms with Gasteiger partial charge in [-0.25, -0.2) is 0 Å². The fourth-order valence-corrected chi connectivity index (χ4v) is 13.0. The molecule has 0 saturated carbocycles. The fraction of sp³-hybridized carbons (Fsp3) is 0.0133. The molecule has 0 aliphatic heterocycles. The molecule has 1 aliphatic carbocycles. The first-order valence-electron chi connectivity index (χ1n) is 26.7. The van der Waals surface area contributed by atoms with Crippen molar-refractivity contribution < 1.29 is 0 Å². The van der Waals surface area contributed by atoms with Gasteiger partial charge in [-0.2, -0.15) is 0 Å². The summed E-state index contributed by atoms with van der Waals surface area (Å²) in [6, 6.07) is 112. The van der Waals surface area contributed by atoms with Gasteiger partial charge in [0.1, 0.15) is 0 Å². The number of aromatic nitrogens is 1. The van der Waals surface area contributed by atoms with Crippen LogP contribution in [0.2, 0.25) is 0 Å². The van der Waals surface area contributed by atoms with Gasteiger partial charge in [-0.3, -0.25) is 0 Å². The third-order valence-corrected chi connectivity index (χ3v) is 16.2. The normalized spacial score (nSPS) is 12.5. The largest absolute Gasteiger partial charge is 0.310 e. The van der Waals surface area contributed by atoms with Crippen molar-refractivity contribution in [2.45, 2.75) is 5.41 Å². The van der Waals surface area contributed by atoms with Crippen molar-refractivity contribution in [3.05, 3.63) is 326 Å². The van der Waals surface area contributed by atoms with E-state index in [1.54, 1.807) is 0 Å². The minimum absolute atomic E-state index is 0.498. The van der Waals surface area contributed by atoms with E-state index < -0.39 is 5.41 Å². The molecule has 1 heterocycles. The molecule has 14 aromatic rings. The van der Waals surface area contributed by atoms with Crippen LogP contribution in [0, 0.1) is 0 Å². The summed E-state index contributed by atoms with van der Waals surface area (Å²) in [4.78, 5) is 2.39. The van der Waals surface area contributed by atoms with Crippen LogP contribution in [-0.2, 0) is 5.41 Å². The predicted molar refractivity (Wildman–Crippen MR) is 324 cm³/mol. The second-order valence-corrected chi connectivity index (χ2v) is 20.3. The van der Waals surface area contributed by atoms with Crippen molar-refractivity contribution in [2.75, 3.05) is 4.90 Å². The number of nitrogens with zero attached hydrogens (tertiary/aromatic N) is 2. The smallest absolute Gasteiger partial charge is 0.0714 e. The van der Waals surface area contributed by atoms with Crippen LogP contribution in [-0.4, -0.2) is 4.57 Å². The molecule has 0 atom stereocenters. The summed E-state index contributed by atoms with van der Waals surface area (Å²) in [5.41, 5.74) is 21.2. The van der Waals surface area contributed by atoms with Gasteiger partial charge < -0.3 is 9.47 Å². The minimum Gasteiger partial charge on any atom is -0.310 e. The molecule has 77 heavy (non-hydrogen) atoms. The van der Waals surface area contributed by atoms with Crippen molar-refractivity contribution in [3.63, 3.8) is 0 Å². The molecule has 0 radical (unpaired) electrons. The number of para-hydroxylation sites is 2. The Morgan fingerprint density at radius 1 is 0.260 bits per heavy atom. The maximum Gasteiger partial charge on any atom is 0.0714 e. The van der Waals surface area contributed by atoms with Crippen LogP contribution in [0.3, 0.4) is 0 Å². The van der Waals surface area contributed by atoms with Crippen LogP contribution in [0.15, 0.2) is 303 Å². The molecule has 0 amide bonds. The summed E-state index contributed by atoms with van der Waals surface area (Å²) in [5, 5.41) is 7.41. The molecule has 0 unspecified atom stereocenters. The van der Waals surface area contributed by atoms with Gasteiger partial charge in [0.25, 0.3) is 0 Å². The molecule has 15 rings (SSSR count). The zero-order chi connectivity index (χ0) is 50.9. The first kappa shape index (κ1) is 44.5. The lowest BCUT2D eigenvalue weighted by molar-refractivity contribution is 0.767. The maximum atomic E-state index is 2.47. The van der Waals surface area contributed by atoms with Crippen molar-refractivity contribution in [1.82, 2.24) is 4.57 Å². The van der Waals surface area contributed by atoms with Crippen molar-refractivity contribution >= 4 is 60.4 Å². The molecule has 360 valence electrons. The highest BCUT2D eigenvalue weighted by Crippen LogP contribution is 2.57. The molecule has 1 aliphatic rings. The van der Waals surface area contributed by atoms with Gasteiger partial charge >= 0.3 is 0 Å². The Labute approximate surface area is 448 Å². The van der Waals surface area contributed by atoms with E-state index in [-0.39, 0.29) is 0 Å². The van der Waals surface area contributed by atoms with Crippen molar-refractivity contribution in [3.8, 4) is 50.2 Å². The van der Waals surface area contributed by atoms with Gasteiger partial charge in [0.15, 0.2) is 0 Å². The van der Waals surface area contributed by atoms with Crippen LogP contribution in [0.25, 0.3) is 93.5 Å². The van der Waals surface area contributed by atoms with Gasteiger partial charge in [-0.15, -0.1) is 0 Å². The third kappa shape index (κ3) is 7.03. The van der Waals surface area contributed by atoms with E-state index in [0.29, 0.717) is 0 Å². The summed E-state index contributed by atoms with van der Waals surface area (Å²) in [5.74, 6) is 0. The lowest BCUT2D eigenvalue weighted by Gasteiger charge is -2.34. The second kappa shape index (κ2) is 18.1. The molecule has 0 saturated heterocycles. The third-order valence-electron chi connectivity index (χ3n) is 16.2. The van der Waals surface area contributed by atoms with Gasteiger partial charge in [0, 0.05) is 33.5 Å². The van der Waals surface area contributed by atoms with E-state index in [4.69, 9.17) is 0 Å². The standard InChI is InChI=1S/C75H50N2/c1-6-22-52(23-7-1)73-64-34-16-17-35-65(64)74(53-24-8-2-9-25-53)68-48-54(40-45-66(68)73)51-38-41-58(42-39-51)76(57-30-14-5-15-31-57)59-44-47-72-67(49-59)63-33-19-21-37-71(63)77(72)60-43-46-62-61-32-18-20-36-69(61)75(70(62)50-60,55-26-10-3-11-27-55)56-28-12-4-13-29-56/h1-50H. The molecule has 2 heteroatoms. The quantitative estimate of drug-likeness (QED) is 0.131. The Morgan fingerprint density at radius 3 is 1.40 bits per heavy atom. The average Bonchev–Trinajstić information content (AvgIpc) is 4.10. The highest BCUT2D eigenvalue weighted by Gasteiger charge is 2.46. The van der Waals surface area contributed by atoms with E-state index in [0.717, 1.165) is 33.8 Å². The molecular weight excluding hydrogens is 929 g/mol. The van der Waals surface area contributed by atoms with Crippen molar-refractivity contribution in [2.24, 2.45) is 0 Å². The lowest BCUT2D eigenvalue weighted by atomic mass is 9.67. The minimum atomic E-state index is -0.498. The van der Waals surface area contributed by atoms with E-state index >= 15 is 0 Å². The first-order valence-corrected chi connectivity index (χ1v) is 26.7. The number of rotatable bonds is 9. The van der Waals surface area contributed by atoms with Crippen LogP contribution >= 0.6 is 0 Å². The molecule has 2 nitrogen and oxygen atoms in total. The molecule has 0 fully saturated rings. The Kier molecular flexibility index (Phi) is 10.5. The second-order valence-electron chi connectivity index (χ2n) is 20.3. The number of hydrogen-bond donors (Lipinski definition) is 0. The number of fused-ring (bicyclic) bond motifs is 8. The molecule has 0 N–H and O–H groups in total. The summed E-state index contributed by atoms with van der Waals surface area (Å²) in [6.07, 6.45) is 0. The van der Waals surface area contributed by atoms with E-state index in [2.05, 4.69) is 313 Å². The zero-order valence-corrected chi connectivity index (χ0v) is 42.3. The van der Waals surface area contributed by atoms with Crippen LogP contribution < -0.4 is 4.90 Å². The van der Waals surface area contributed by atoms with Crippen LogP contribution in [0.4, 0.5) is 17.1 Å². The maximum absolute atomic E-state index is 2.47. The molecule has 0 spiro atoms. The van der Waals surface area contributed by atoms with E-state index in [9.17, 15) is 0 Å². The number of anilines is 3. The lowest BCUT2D eigenvalue weighted by Crippen LogP contribution is -2.28. The monoisotopic (exact) mass is 978 g/mol. The Hall–Kier alpha value is -10.0. The SMILES string of the molecule is c1ccc(-c2c3ccccc3c(-c3ccccc3)c3cc(-c4ccc(N(c5ccccc5)c5ccc6c(c5)c5ccccc5n6-c5ccc6c(c5)C(c5ccccc5)(c5ccccc5)c5ccccc5-6)cc4)ccc23)cc1.